The molecule has 0 aliphatic carbocycles. The first-order chi connectivity index (χ1) is 12.1. The van der Waals surface area contributed by atoms with Crippen LogP contribution in [0.3, 0.4) is 0 Å². The Kier molecular flexibility index (Phi) is 5.91. The minimum absolute atomic E-state index is 0.175. The Hall–Kier alpha value is -2.08. The number of carbonyl (C=O) groups is 1. The molecule has 0 aromatic carbocycles. The van der Waals surface area contributed by atoms with Crippen molar-refractivity contribution in [2.24, 2.45) is 11.8 Å². The van der Waals surface area contributed by atoms with Crippen LogP contribution in [0.4, 0.5) is 0 Å². The predicted octanol–water partition coefficient (Wildman–Crippen LogP) is 3.11. The van der Waals surface area contributed by atoms with Crippen LogP contribution in [-0.2, 0) is 13.0 Å². The van der Waals surface area contributed by atoms with Gasteiger partial charge in [0.2, 0.25) is 5.76 Å². The lowest BCUT2D eigenvalue weighted by molar-refractivity contribution is 0.0892. The van der Waals surface area contributed by atoms with Crippen molar-refractivity contribution >= 4 is 5.91 Å². The topological polar surface area (TPSA) is 71.5 Å². The van der Waals surface area contributed by atoms with Crippen LogP contribution in [0.1, 0.15) is 48.7 Å². The molecule has 2 aromatic rings. The maximum absolute atomic E-state index is 12.3. The molecule has 136 valence electrons. The van der Waals surface area contributed by atoms with Crippen molar-refractivity contribution in [1.29, 1.82) is 0 Å². The van der Waals surface area contributed by atoms with Crippen LogP contribution in [0.5, 0.6) is 0 Å². The first-order valence-electron chi connectivity index (χ1n) is 9.08. The van der Waals surface area contributed by atoms with Crippen LogP contribution >= 0.6 is 0 Å². The molecule has 6 nitrogen and oxygen atoms in total. The summed E-state index contributed by atoms with van der Waals surface area (Å²) in [5, 5.41) is 6.96. The van der Waals surface area contributed by atoms with E-state index < -0.39 is 0 Å². The zero-order chi connectivity index (χ0) is 17.6. The van der Waals surface area contributed by atoms with Crippen molar-refractivity contribution in [2.45, 2.75) is 39.7 Å². The van der Waals surface area contributed by atoms with Gasteiger partial charge in [-0.15, -0.1) is 0 Å². The Bertz CT molecular complexity index is 663. The summed E-state index contributed by atoms with van der Waals surface area (Å²) in [6, 6.07) is 5.67. The van der Waals surface area contributed by atoms with E-state index in [9.17, 15) is 4.79 Å². The maximum atomic E-state index is 12.3. The molecule has 1 aliphatic heterocycles. The molecule has 1 saturated heterocycles. The largest absolute Gasteiger partial charge is 0.468 e. The third-order valence-electron chi connectivity index (χ3n) is 4.51. The van der Waals surface area contributed by atoms with Gasteiger partial charge in [-0.05, 0) is 49.8 Å². The zero-order valence-electron chi connectivity index (χ0n) is 15.0. The number of rotatable bonds is 7. The second kappa shape index (κ2) is 8.34. The van der Waals surface area contributed by atoms with E-state index in [0.717, 1.165) is 50.4 Å². The number of likely N-dealkylation sites (tertiary alicyclic amines) is 1. The van der Waals surface area contributed by atoms with Gasteiger partial charge >= 0.3 is 0 Å². The molecular formula is C19H27N3O3. The normalized spacial score (nSPS) is 18.6. The van der Waals surface area contributed by atoms with Gasteiger partial charge in [0.15, 0.2) is 0 Å². The molecule has 1 fully saturated rings. The molecule has 0 radical (unpaired) electrons. The minimum Gasteiger partial charge on any atom is -0.468 e. The molecule has 0 unspecified atom stereocenters. The van der Waals surface area contributed by atoms with Crippen molar-refractivity contribution < 1.29 is 13.7 Å². The number of aromatic nitrogens is 1. The van der Waals surface area contributed by atoms with Gasteiger partial charge in [-0.2, -0.15) is 0 Å². The molecule has 1 amide bonds. The van der Waals surface area contributed by atoms with E-state index in [1.165, 1.54) is 0 Å². The molecule has 1 N–H and O–H groups in total. The van der Waals surface area contributed by atoms with Gasteiger partial charge in [-0.25, -0.2) is 0 Å². The number of carbonyl (C=O) groups excluding carboxylic acids is 1. The Morgan fingerprint density at radius 2 is 2.36 bits per heavy atom. The zero-order valence-corrected chi connectivity index (χ0v) is 15.0. The Labute approximate surface area is 148 Å². The molecule has 0 saturated carbocycles. The van der Waals surface area contributed by atoms with Gasteiger partial charge in [0.1, 0.15) is 5.76 Å². The van der Waals surface area contributed by atoms with Gasteiger partial charge in [0, 0.05) is 19.2 Å². The van der Waals surface area contributed by atoms with Crippen LogP contribution in [0.15, 0.2) is 33.4 Å². The number of nitrogens with zero attached hydrogens (tertiary/aromatic N) is 2. The maximum Gasteiger partial charge on any atom is 0.289 e. The minimum atomic E-state index is -0.175. The molecule has 1 atom stereocenters. The molecule has 25 heavy (non-hydrogen) atoms. The Morgan fingerprint density at radius 3 is 3.12 bits per heavy atom. The third kappa shape index (κ3) is 5.19. The van der Waals surface area contributed by atoms with Crippen molar-refractivity contribution in [3.05, 3.63) is 41.7 Å². The molecule has 2 aromatic heterocycles. The summed E-state index contributed by atoms with van der Waals surface area (Å²) in [5.41, 5.74) is 0.836. The van der Waals surface area contributed by atoms with E-state index in [1.54, 1.807) is 12.3 Å². The van der Waals surface area contributed by atoms with E-state index >= 15 is 0 Å². The molecule has 1 aliphatic rings. The fourth-order valence-electron chi connectivity index (χ4n) is 3.34. The van der Waals surface area contributed by atoms with Gasteiger partial charge < -0.3 is 14.3 Å². The molecule has 3 rings (SSSR count). The number of piperidine rings is 1. The highest BCUT2D eigenvalue weighted by Crippen LogP contribution is 2.18. The monoisotopic (exact) mass is 345 g/mol. The SMILES string of the molecule is CC(C)Cc1cc(C(=O)NC[C@@H]2CCCN(Cc3ccco3)C2)on1. The van der Waals surface area contributed by atoms with Crippen molar-refractivity contribution in [1.82, 2.24) is 15.4 Å². The molecule has 3 heterocycles. The van der Waals surface area contributed by atoms with E-state index in [1.807, 2.05) is 12.1 Å². The summed E-state index contributed by atoms with van der Waals surface area (Å²) in [4.78, 5) is 14.6. The lowest BCUT2D eigenvalue weighted by Gasteiger charge is -2.32. The molecule has 6 heteroatoms. The molecule has 0 bridgehead atoms. The standard InChI is InChI=1S/C19H27N3O3/c1-14(2)9-16-10-18(25-21-16)19(23)20-11-15-5-3-7-22(12-15)13-17-6-4-8-24-17/h4,6,8,10,14-15H,3,5,7,9,11-13H2,1-2H3,(H,20,23)/t15-/m0/s1. The van der Waals surface area contributed by atoms with Gasteiger partial charge in [-0.3, -0.25) is 9.69 Å². The Morgan fingerprint density at radius 1 is 1.48 bits per heavy atom. The van der Waals surface area contributed by atoms with Crippen LogP contribution in [0, 0.1) is 11.8 Å². The van der Waals surface area contributed by atoms with E-state index in [-0.39, 0.29) is 5.91 Å². The van der Waals surface area contributed by atoms with Gasteiger partial charge in [0.25, 0.3) is 5.91 Å². The highest BCUT2D eigenvalue weighted by molar-refractivity contribution is 5.91. The smallest absolute Gasteiger partial charge is 0.289 e. The number of hydrogen-bond acceptors (Lipinski definition) is 5. The number of furan rings is 1. The average Bonchev–Trinajstić information content (AvgIpc) is 3.24. The van der Waals surface area contributed by atoms with Crippen LogP contribution in [-0.4, -0.2) is 35.6 Å². The van der Waals surface area contributed by atoms with Gasteiger partial charge in [0.05, 0.1) is 18.5 Å². The third-order valence-corrected chi connectivity index (χ3v) is 4.51. The quantitative estimate of drug-likeness (QED) is 0.835. The lowest BCUT2D eigenvalue weighted by atomic mass is 9.98. The number of hydrogen-bond donors (Lipinski definition) is 1. The fraction of sp³-hybridized carbons (Fsp3) is 0.579. The van der Waals surface area contributed by atoms with Crippen molar-refractivity contribution in [2.75, 3.05) is 19.6 Å². The van der Waals surface area contributed by atoms with Crippen LogP contribution in [0.2, 0.25) is 0 Å². The lowest BCUT2D eigenvalue weighted by Crippen LogP contribution is -2.40. The number of nitrogens with one attached hydrogen (secondary N) is 1. The fourth-order valence-corrected chi connectivity index (χ4v) is 3.34. The summed E-state index contributed by atoms with van der Waals surface area (Å²) >= 11 is 0. The molecular weight excluding hydrogens is 318 g/mol. The van der Waals surface area contributed by atoms with E-state index in [2.05, 4.69) is 29.2 Å². The van der Waals surface area contributed by atoms with E-state index in [0.29, 0.717) is 24.1 Å². The summed E-state index contributed by atoms with van der Waals surface area (Å²) in [7, 11) is 0. The van der Waals surface area contributed by atoms with E-state index in [4.69, 9.17) is 8.94 Å². The highest BCUT2D eigenvalue weighted by atomic mass is 16.5. The summed E-state index contributed by atoms with van der Waals surface area (Å²) in [6.45, 7) is 7.77. The van der Waals surface area contributed by atoms with Crippen molar-refractivity contribution in [3.8, 4) is 0 Å². The average molecular weight is 345 g/mol. The van der Waals surface area contributed by atoms with Crippen molar-refractivity contribution in [3.63, 3.8) is 0 Å². The molecule has 0 spiro atoms. The predicted molar refractivity (Wildman–Crippen MR) is 94.1 cm³/mol. The number of amides is 1. The Balaban J connectivity index is 1.45. The second-order valence-electron chi connectivity index (χ2n) is 7.31. The summed E-state index contributed by atoms with van der Waals surface area (Å²) in [5.74, 6) is 2.06. The highest BCUT2D eigenvalue weighted by Gasteiger charge is 2.22. The summed E-state index contributed by atoms with van der Waals surface area (Å²) < 4.78 is 10.6. The first kappa shape index (κ1) is 17.7. The summed E-state index contributed by atoms with van der Waals surface area (Å²) in [6.07, 6.45) is 4.80. The van der Waals surface area contributed by atoms with Gasteiger partial charge in [-0.1, -0.05) is 19.0 Å². The van der Waals surface area contributed by atoms with Crippen LogP contribution in [0.25, 0.3) is 0 Å². The van der Waals surface area contributed by atoms with Crippen LogP contribution < -0.4 is 5.32 Å². The first-order valence-corrected chi connectivity index (χ1v) is 9.08. The second-order valence-corrected chi connectivity index (χ2v) is 7.31.